The summed E-state index contributed by atoms with van der Waals surface area (Å²) in [5, 5.41) is 3.11. The Morgan fingerprint density at radius 1 is 1.29 bits per heavy atom. The maximum Gasteiger partial charge on any atom is 0.147 e. The number of hydrogen-bond donors (Lipinski definition) is 1. The summed E-state index contributed by atoms with van der Waals surface area (Å²) in [6.07, 6.45) is 0. The van der Waals surface area contributed by atoms with Gasteiger partial charge in [-0.1, -0.05) is 6.07 Å². The van der Waals surface area contributed by atoms with Gasteiger partial charge < -0.3 is 5.32 Å². The molecule has 0 radical (unpaired) electrons. The monoisotopic (exact) mass is 377 g/mol. The van der Waals surface area contributed by atoms with Crippen molar-refractivity contribution < 1.29 is 4.39 Å². The topological polar surface area (TPSA) is 12.0 Å². The predicted molar refractivity (Wildman–Crippen MR) is 78.2 cm³/mol. The first kappa shape index (κ1) is 13.1. The minimum Gasteiger partial charge on any atom is -0.377 e. The van der Waals surface area contributed by atoms with Crippen molar-refractivity contribution in [3.8, 4) is 0 Å². The average molecular weight is 379 g/mol. The highest BCUT2D eigenvalue weighted by Crippen LogP contribution is 2.29. The van der Waals surface area contributed by atoms with E-state index in [0.717, 1.165) is 8.95 Å². The van der Waals surface area contributed by atoms with Crippen molar-refractivity contribution in [2.75, 3.05) is 5.32 Å². The summed E-state index contributed by atoms with van der Waals surface area (Å²) in [4.78, 5) is 2.40. The molecule has 0 bridgehead atoms. The van der Waals surface area contributed by atoms with E-state index in [4.69, 9.17) is 0 Å². The molecule has 1 nitrogen and oxygen atoms in total. The van der Waals surface area contributed by atoms with Crippen LogP contribution in [0.15, 0.2) is 33.2 Å². The first-order valence-corrected chi connectivity index (χ1v) is 7.41. The summed E-state index contributed by atoms with van der Waals surface area (Å²) >= 11 is 8.50. The summed E-state index contributed by atoms with van der Waals surface area (Å²) in [6, 6.07) is 7.00. The molecule has 1 aromatic carbocycles. The van der Waals surface area contributed by atoms with Gasteiger partial charge >= 0.3 is 0 Å². The molecule has 0 saturated heterocycles. The van der Waals surface area contributed by atoms with Crippen molar-refractivity contribution in [3.05, 3.63) is 48.8 Å². The molecule has 0 aliphatic rings. The molecule has 90 valence electrons. The van der Waals surface area contributed by atoms with Crippen LogP contribution in [0.1, 0.15) is 9.75 Å². The Morgan fingerprint density at radius 3 is 2.65 bits per heavy atom. The Balaban J connectivity index is 2.12. The molecule has 0 unspecified atom stereocenters. The van der Waals surface area contributed by atoms with Crippen LogP contribution in [0.3, 0.4) is 0 Å². The van der Waals surface area contributed by atoms with Crippen LogP contribution in [0.2, 0.25) is 0 Å². The van der Waals surface area contributed by atoms with Gasteiger partial charge in [0.15, 0.2) is 0 Å². The second kappa shape index (κ2) is 5.50. The molecule has 1 N–H and O–H groups in total. The molecular formula is C12H10Br2FNS. The molecule has 1 aromatic heterocycles. The van der Waals surface area contributed by atoms with Crippen molar-refractivity contribution in [1.82, 2.24) is 0 Å². The molecule has 0 amide bonds. The predicted octanol–water partition coefficient (Wildman–Crippen LogP) is 5.33. The average Bonchev–Trinajstić information content (AvgIpc) is 2.58. The van der Waals surface area contributed by atoms with Crippen LogP contribution in [0.4, 0.5) is 10.1 Å². The summed E-state index contributed by atoms with van der Waals surface area (Å²) in [5.41, 5.74) is 0.509. The fourth-order valence-electron chi connectivity index (χ4n) is 1.45. The molecule has 2 aromatic rings. The van der Waals surface area contributed by atoms with Gasteiger partial charge in [0.1, 0.15) is 5.82 Å². The van der Waals surface area contributed by atoms with Gasteiger partial charge in [0, 0.05) is 25.2 Å². The maximum absolute atomic E-state index is 13.5. The molecule has 0 aliphatic carbocycles. The zero-order valence-corrected chi connectivity index (χ0v) is 13.0. The van der Waals surface area contributed by atoms with Gasteiger partial charge in [0.25, 0.3) is 0 Å². The number of halogens is 3. The quantitative estimate of drug-likeness (QED) is 0.760. The van der Waals surface area contributed by atoms with Crippen LogP contribution in [-0.2, 0) is 6.54 Å². The Kier molecular flexibility index (Phi) is 4.22. The van der Waals surface area contributed by atoms with Gasteiger partial charge in [-0.25, -0.2) is 4.39 Å². The van der Waals surface area contributed by atoms with Gasteiger partial charge in [-0.2, -0.15) is 0 Å². The van der Waals surface area contributed by atoms with E-state index in [2.05, 4.69) is 50.2 Å². The van der Waals surface area contributed by atoms with Crippen molar-refractivity contribution in [2.24, 2.45) is 0 Å². The first-order valence-electron chi connectivity index (χ1n) is 5.00. The summed E-state index contributed by atoms with van der Waals surface area (Å²) < 4.78 is 15.4. The zero-order chi connectivity index (χ0) is 12.4. The Hall–Kier alpha value is -0.390. The number of anilines is 1. The smallest absolute Gasteiger partial charge is 0.147 e. The van der Waals surface area contributed by atoms with E-state index in [9.17, 15) is 4.39 Å². The number of aryl methyl sites for hydroxylation is 1. The van der Waals surface area contributed by atoms with E-state index in [1.54, 1.807) is 17.4 Å². The molecule has 0 aliphatic heterocycles. The Labute approximate surface area is 120 Å². The highest BCUT2D eigenvalue weighted by Gasteiger charge is 2.07. The van der Waals surface area contributed by atoms with Crippen molar-refractivity contribution >= 4 is 48.9 Å². The van der Waals surface area contributed by atoms with E-state index < -0.39 is 0 Å². The lowest BCUT2D eigenvalue weighted by Crippen LogP contribution is -2.00. The van der Waals surface area contributed by atoms with Gasteiger partial charge in [-0.05, 0) is 57.0 Å². The minimum atomic E-state index is -0.244. The highest BCUT2D eigenvalue weighted by molar-refractivity contribution is 9.11. The van der Waals surface area contributed by atoms with Crippen molar-refractivity contribution in [2.45, 2.75) is 13.5 Å². The molecular weight excluding hydrogens is 369 g/mol. The summed E-state index contributed by atoms with van der Waals surface area (Å²) in [6.45, 7) is 2.67. The highest BCUT2D eigenvalue weighted by atomic mass is 79.9. The minimum absolute atomic E-state index is 0.244. The number of para-hydroxylation sites is 1. The van der Waals surface area contributed by atoms with Crippen molar-refractivity contribution in [3.63, 3.8) is 0 Å². The lowest BCUT2D eigenvalue weighted by Gasteiger charge is -2.08. The second-order valence-corrected chi connectivity index (χ2v) is 6.62. The van der Waals surface area contributed by atoms with E-state index in [1.165, 1.54) is 15.8 Å². The molecule has 0 saturated carbocycles. The molecule has 0 spiro atoms. The molecule has 0 atom stereocenters. The fourth-order valence-corrected chi connectivity index (χ4v) is 3.47. The maximum atomic E-state index is 13.5. The van der Waals surface area contributed by atoms with E-state index >= 15 is 0 Å². The molecule has 2 rings (SSSR count). The standard InChI is InChI=1S/C12H10Br2FNS/c1-7-10(14)5-8(17-7)6-16-12-9(13)3-2-4-11(12)15/h2-5,16H,6H2,1H3. The number of nitrogens with one attached hydrogen (secondary N) is 1. The number of benzene rings is 1. The van der Waals surface area contributed by atoms with Gasteiger partial charge in [-0.3, -0.25) is 0 Å². The second-order valence-electron chi connectivity index (χ2n) is 3.57. The summed E-state index contributed by atoms with van der Waals surface area (Å²) in [5.74, 6) is -0.244. The first-order chi connectivity index (χ1) is 8.08. The van der Waals surface area contributed by atoms with Crippen LogP contribution in [0, 0.1) is 12.7 Å². The zero-order valence-electron chi connectivity index (χ0n) is 9.06. The van der Waals surface area contributed by atoms with Crippen LogP contribution >= 0.6 is 43.2 Å². The van der Waals surface area contributed by atoms with Gasteiger partial charge in [0.2, 0.25) is 0 Å². The lowest BCUT2D eigenvalue weighted by molar-refractivity contribution is 0.629. The SMILES string of the molecule is Cc1sc(CNc2c(F)cccc2Br)cc1Br. The van der Waals surface area contributed by atoms with Gasteiger partial charge in [0.05, 0.1) is 5.69 Å². The molecule has 17 heavy (non-hydrogen) atoms. The van der Waals surface area contributed by atoms with Crippen LogP contribution < -0.4 is 5.32 Å². The summed E-state index contributed by atoms with van der Waals surface area (Å²) in [7, 11) is 0. The number of rotatable bonds is 3. The third-order valence-electron chi connectivity index (χ3n) is 2.31. The number of hydrogen-bond acceptors (Lipinski definition) is 2. The Morgan fingerprint density at radius 2 is 2.06 bits per heavy atom. The van der Waals surface area contributed by atoms with Crippen LogP contribution in [0.25, 0.3) is 0 Å². The van der Waals surface area contributed by atoms with E-state index in [-0.39, 0.29) is 5.82 Å². The third-order valence-corrected chi connectivity index (χ3v) is 5.11. The third kappa shape index (κ3) is 3.09. The fraction of sp³-hybridized carbons (Fsp3) is 0.167. The normalized spacial score (nSPS) is 10.6. The largest absolute Gasteiger partial charge is 0.377 e. The van der Waals surface area contributed by atoms with Crippen molar-refractivity contribution in [1.29, 1.82) is 0 Å². The lowest BCUT2D eigenvalue weighted by atomic mass is 10.3. The van der Waals surface area contributed by atoms with Crippen LogP contribution in [-0.4, -0.2) is 0 Å². The molecule has 0 fully saturated rings. The molecule has 1 heterocycles. The van der Waals surface area contributed by atoms with E-state index in [1.807, 2.05) is 6.07 Å². The van der Waals surface area contributed by atoms with Crippen LogP contribution in [0.5, 0.6) is 0 Å². The van der Waals surface area contributed by atoms with E-state index in [0.29, 0.717) is 12.2 Å². The molecule has 5 heteroatoms. The van der Waals surface area contributed by atoms with Gasteiger partial charge in [-0.15, -0.1) is 11.3 Å². The number of thiophene rings is 1. The Bertz CT molecular complexity index is 500.